The Hall–Kier alpha value is -3.46. The number of hydrogen-bond donors (Lipinski definition) is 1. The molecule has 194 valence electrons. The number of nitrogens with zero attached hydrogens (tertiary/aromatic N) is 3. The van der Waals surface area contributed by atoms with E-state index in [2.05, 4.69) is 20.9 Å². The molecule has 4 rings (SSSR count). The van der Waals surface area contributed by atoms with Crippen LogP contribution in [0.5, 0.6) is 17.2 Å². The summed E-state index contributed by atoms with van der Waals surface area (Å²) < 4.78 is 18.6. The number of methoxy groups -OCH3 is 1. The highest BCUT2D eigenvalue weighted by Gasteiger charge is 2.20. The van der Waals surface area contributed by atoms with Crippen molar-refractivity contribution in [3.8, 4) is 17.2 Å². The topological polar surface area (TPSA) is 89.0 Å². The maximum absolute atomic E-state index is 13.3. The molecule has 0 bridgehead atoms. The van der Waals surface area contributed by atoms with Crippen LogP contribution in [-0.2, 0) is 6.54 Å². The summed E-state index contributed by atoms with van der Waals surface area (Å²) in [5.41, 5.74) is 0.778. The highest BCUT2D eigenvalue weighted by atomic mass is 16.5. The summed E-state index contributed by atoms with van der Waals surface area (Å²) in [5, 5.41) is 0.405. The van der Waals surface area contributed by atoms with Crippen molar-refractivity contribution in [3.05, 3.63) is 57.2 Å². The molecular weight excluding hydrogens is 460 g/mol. The van der Waals surface area contributed by atoms with Crippen LogP contribution < -0.4 is 30.4 Å². The fourth-order valence-corrected chi connectivity index (χ4v) is 4.50. The van der Waals surface area contributed by atoms with E-state index in [0.29, 0.717) is 35.5 Å². The standard InChI is InChI=1S/C27H36N4O5/c1-18(2)35-24-16-20-21(17-25(24)36-19(3)4)28-27(33)31(26(20)32)15-12-29-10-13-30(14-11-29)22-8-6-7-9-23(22)34-5/h6-9,16-19H,10-15H2,1-5H3,(H,28,33). The third kappa shape index (κ3) is 5.67. The molecular formula is C27H36N4O5. The summed E-state index contributed by atoms with van der Waals surface area (Å²) in [6, 6.07) is 11.4. The number of anilines is 1. The summed E-state index contributed by atoms with van der Waals surface area (Å²) >= 11 is 0. The van der Waals surface area contributed by atoms with Crippen LogP contribution in [0.1, 0.15) is 27.7 Å². The van der Waals surface area contributed by atoms with E-state index in [9.17, 15) is 9.59 Å². The SMILES string of the molecule is COc1ccccc1N1CCN(CCn2c(=O)[nH]c3cc(OC(C)C)c(OC(C)C)cc3c2=O)CC1. The van der Waals surface area contributed by atoms with Crippen molar-refractivity contribution in [3.63, 3.8) is 0 Å². The van der Waals surface area contributed by atoms with E-state index in [1.54, 1.807) is 19.2 Å². The fourth-order valence-electron chi connectivity index (χ4n) is 4.50. The van der Waals surface area contributed by atoms with E-state index in [4.69, 9.17) is 14.2 Å². The van der Waals surface area contributed by atoms with Gasteiger partial charge in [0.05, 0.1) is 35.9 Å². The third-order valence-corrected chi connectivity index (χ3v) is 6.21. The number of piperazine rings is 1. The molecule has 1 fully saturated rings. The van der Waals surface area contributed by atoms with Gasteiger partial charge in [-0.25, -0.2) is 4.79 Å². The van der Waals surface area contributed by atoms with Crippen LogP contribution in [-0.4, -0.2) is 66.5 Å². The van der Waals surface area contributed by atoms with Crippen molar-refractivity contribution in [2.75, 3.05) is 44.7 Å². The van der Waals surface area contributed by atoms with E-state index in [0.717, 1.165) is 37.6 Å². The molecule has 0 radical (unpaired) electrons. The predicted molar refractivity (Wildman–Crippen MR) is 142 cm³/mol. The van der Waals surface area contributed by atoms with Crippen molar-refractivity contribution in [1.29, 1.82) is 0 Å². The van der Waals surface area contributed by atoms with E-state index < -0.39 is 5.69 Å². The Kier molecular flexibility index (Phi) is 7.88. The summed E-state index contributed by atoms with van der Waals surface area (Å²) in [6.07, 6.45) is -0.163. The van der Waals surface area contributed by atoms with Gasteiger partial charge in [0.1, 0.15) is 5.75 Å². The monoisotopic (exact) mass is 496 g/mol. The summed E-state index contributed by atoms with van der Waals surface area (Å²) in [7, 11) is 1.68. The van der Waals surface area contributed by atoms with Gasteiger partial charge in [-0.2, -0.15) is 0 Å². The third-order valence-electron chi connectivity index (χ3n) is 6.21. The number of aromatic nitrogens is 2. The van der Waals surface area contributed by atoms with Gasteiger partial charge in [0, 0.05) is 45.3 Å². The van der Waals surface area contributed by atoms with E-state index in [1.165, 1.54) is 4.57 Å². The molecule has 1 aliphatic rings. The first kappa shape index (κ1) is 25.6. The van der Waals surface area contributed by atoms with Crippen molar-refractivity contribution in [2.24, 2.45) is 0 Å². The Bertz CT molecular complexity index is 1310. The largest absolute Gasteiger partial charge is 0.495 e. The van der Waals surface area contributed by atoms with E-state index in [-0.39, 0.29) is 17.8 Å². The number of ether oxygens (including phenoxy) is 3. The molecule has 1 N–H and O–H groups in total. The highest BCUT2D eigenvalue weighted by Crippen LogP contribution is 2.32. The lowest BCUT2D eigenvalue weighted by atomic mass is 10.2. The number of rotatable bonds is 9. The molecule has 0 atom stereocenters. The zero-order valence-electron chi connectivity index (χ0n) is 21.7. The lowest BCUT2D eigenvalue weighted by Crippen LogP contribution is -2.48. The number of aromatic amines is 1. The molecule has 1 aliphatic heterocycles. The maximum atomic E-state index is 13.3. The van der Waals surface area contributed by atoms with Crippen LogP contribution >= 0.6 is 0 Å². The Morgan fingerprint density at radius 3 is 2.14 bits per heavy atom. The molecule has 9 heteroatoms. The Balaban J connectivity index is 1.50. The average molecular weight is 497 g/mol. The minimum absolute atomic E-state index is 0.0764. The lowest BCUT2D eigenvalue weighted by Gasteiger charge is -2.36. The minimum atomic E-state index is -0.423. The van der Waals surface area contributed by atoms with Crippen molar-refractivity contribution < 1.29 is 14.2 Å². The molecule has 0 aliphatic carbocycles. The molecule has 3 aromatic rings. The number of nitrogens with one attached hydrogen (secondary N) is 1. The molecule has 0 spiro atoms. The van der Waals surface area contributed by atoms with Gasteiger partial charge in [0.15, 0.2) is 11.5 Å². The molecule has 0 saturated carbocycles. The normalized spacial score (nSPS) is 14.6. The first-order valence-electron chi connectivity index (χ1n) is 12.5. The molecule has 1 aromatic heterocycles. The summed E-state index contributed by atoms with van der Waals surface area (Å²) in [5.74, 6) is 1.87. The Morgan fingerprint density at radius 2 is 1.50 bits per heavy atom. The van der Waals surface area contributed by atoms with Crippen LogP contribution in [0.15, 0.2) is 46.0 Å². The minimum Gasteiger partial charge on any atom is -0.495 e. The van der Waals surface area contributed by atoms with Crippen molar-refractivity contribution in [2.45, 2.75) is 46.4 Å². The zero-order chi connectivity index (χ0) is 25.8. The number of H-pyrrole nitrogens is 1. The molecule has 1 saturated heterocycles. The first-order valence-corrected chi connectivity index (χ1v) is 12.5. The zero-order valence-corrected chi connectivity index (χ0v) is 21.7. The van der Waals surface area contributed by atoms with Gasteiger partial charge in [-0.15, -0.1) is 0 Å². The van der Waals surface area contributed by atoms with Crippen LogP contribution in [0, 0.1) is 0 Å². The van der Waals surface area contributed by atoms with E-state index in [1.807, 2.05) is 45.9 Å². The summed E-state index contributed by atoms with van der Waals surface area (Å²) in [4.78, 5) is 33.6. The molecule has 2 heterocycles. The molecule has 36 heavy (non-hydrogen) atoms. The molecule has 0 unspecified atom stereocenters. The van der Waals surface area contributed by atoms with E-state index >= 15 is 0 Å². The number of hydrogen-bond acceptors (Lipinski definition) is 7. The molecule has 9 nitrogen and oxygen atoms in total. The highest BCUT2D eigenvalue weighted by molar-refractivity contribution is 5.81. The van der Waals surface area contributed by atoms with Gasteiger partial charge in [0.2, 0.25) is 0 Å². The van der Waals surface area contributed by atoms with Gasteiger partial charge in [-0.05, 0) is 45.9 Å². The van der Waals surface area contributed by atoms with Crippen LogP contribution in [0.25, 0.3) is 10.9 Å². The number of fused-ring (bicyclic) bond motifs is 1. The van der Waals surface area contributed by atoms with Crippen molar-refractivity contribution >= 4 is 16.6 Å². The Labute approximate surface area is 211 Å². The summed E-state index contributed by atoms with van der Waals surface area (Å²) in [6.45, 7) is 11.9. The number of benzene rings is 2. The van der Waals surface area contributed by atoms with Gasteiger partial charge >= 0.3 is 5.69 Å². The van der Waals surface area contributed by atoms with Gasteiger partial charge in [-0.1, -0.05) is 12.1 Å². The van der Waals surface area contributed by atoms with Crippen molar-refractivity contribution in [1.82, 2.24) is 14.5 Å². The fraction of sp³-hybridized carbons (Fsp3) is 0.481. The molecule has 2 aromatic carbocycles. The Morgan fingerprint density at radius 1 is 0.861 bits per heavy atom. The van der Waals surface area contributed by atoms with Crippen LogP contribution in [0.4, 0.5) is 5.69 Å². The van der Waals surface area contributed by atoms with Gasteiger partial charge < -0.3 is 24.1 Å². The smallest absolute Gasteiger partial charge is 0.328 e. The molecule has 0 amide bonds. The quantitative estimate of drug-likeness (QED) is 0.487. The first-order chi connectivity index (χ1) is 17.3. The average Bonchev–Trinajstić information content (AvgIpc) is 2.84. The maximum Gasteiger partial charge on any atom is 0.328 e. The second-order valence-electron chi connectivity index (χ2n) is 9.57. The second-order valence-corrected chi connectivity index (χ2v) is 9.57. The predicted octanol–water partition coefficient (Wildman–Crippen LogP) is 3.10. The lowest BCUT2D eigenvalue weighted by molar-refractivity contribution is 0.199. The van der Waals surface area contributed by atoms with Crippen LogP contribution in [0.3, 0.4) is 0 Å². The number of para-hydroxylation sites is 2. The van der Waals surface area contributed by atoms with Gasteiger partial charge in [-0.3, -0.25) is 14.3 Å². The second kappa shape index (κ2) is 11.1. The van der Waals surface area contributed by atoms with Crippen LogP contribution in [0.2, 0.25) is 0 Å². The van der Waals surface area contributed by atoms with Gasteiger partial charge in [0.25, 0.3) is 5.56 Å².